The van der Waals surface area contributed by atoms with Crippen molar-refractivity contribution in [2.75, 3.05) is 0 Å². The zero-order valence-electron chi connectivity index (χ0n) is 18.5. The van der Waals surface area contributed by atoms with Gasteiger partial charge < -0.3 is 14.7 Å². The van der Waals surface area contributed by atoms with Gasteiger partial charge in [0.2, 0.25) is 11.8 Å². The molecular formula is C26H28FN3O2. The van der Waals surface area contributed by atoms with Gasteiger partial charge in [-0.15, -0.1) is 0 Å². The van der Waals surface area contributed by atoms with Gasteiger partial charge in [-0.2, -0.15) is 0 Å². The van der Waals surface area contributed by atoms with Gasteiger partial charge in [0.25, 0.3) is 0 Å². The molecule has 0 spiro atoms. The van der Waals surface area contributed by atoms with E-state index in [2.05, 4.69) is 29.1 Å². The first kappa shape index (κ1) is 20.7. The number of rotatable bonds is 4. The van der Waals surface area contributed by atoms with Crippen LogP contribution in [0.5, 0.6) is 0 Å². The SMILES string of the molecule is CC1CCCC(C(=O)NCc2nc3ccc(-c4c[nH]c5cc(F)ccc45)cc3o2)CC1C. The molecule has 32 heavy (non-hydrogen) atoms. The first-order valence-electron chi connectivity index (χ1n) is 11.4. The van der Waals surface area contributed by atoms with Crippen LogP contribution in [0.25, 0.3) is 33.1 Å². The van der Waals surface area contributed by atoms with Gasteiger partial charge in [0, 0.05) is 28.6 Å². The Morgan fingerprint density at radius 1 is 1.19 bits per heavy atom. The van der Waals surface area contributed by atoms with E-state index < -0.39 is 0 Å². The molecule has 1 saturated carbocycles. The number of nitrogens with zero attached hydrogens (tertiary/aromatic N) is 1. The van der Waals surface area contributed by atoms with Crippen molar-refractivity contribution >= 4 is 27.9 Å². The van der Waals surface area contributed by atoms with Crippen LogP contribution in [0, 0.1) is 23.6 Å². The highest BCUT2D eigenvalue weighted by molar-refractivity contribution is 5.97. The van der Waals surface area contributed by atoms with Crippen molar-refractivity contribution in [3.8, 4) is 11.1 Å². The molecular weight excluding hydrogens is 405 g/mol. The van der Waals surface area contributed by atoms with Crippen LogP contribution >= 0.6 is 0 Å². The molecule has 2 aromatic heterocycles. The van der Waals surface area contributed by atoms with E-state index in [1.54, 1.807) is 6.07 Å². The number of aromatic amines is 1. The molecule has 2 aromatic carbocycles. The number of aromatic nitrogens is 2. The topological polar surface area (TPSA) is 70.9 Å². The number of halogens is 1. The Hall–Kier alpha value is -3.15. The second-order valence-corrected chi connectivity index (χ2v) is 9.22. The van der Waals surface area contributed by atoms with E-state index in [0.29, 0.717) is 23.3 Å². The molecule has 1 fully saturated rings. The second-order valence-electron chi connectivity index (χ2n) is 9.22. The summed E-state index contributed by atoms with van der Waals surface area (Å²) in [5, 5.41) is 3.98. The Labute approximate surface area is 186 Å². The van der Waals surface area contributed by atoms with Crippen LogP contribution in [0.2, 0.25) is 0 Å². The molecule has 5 rings (SSSR count). The first-order chi connectivity index (χ1) is 15.5. The van der Waals surface area contributed by atoms with E-state index >= 15 is 0 Å². The molecule has 1 aliphatic rings. The van der Waals surface area contributed by atoms with Crippen molar-refractivity contribution in [3.05, 3.63) is 54.3 Å². The maximum absolute atomic E-state index is 13.5. The maximum atomic E-state index is 13.5. The summed E-state index contributed by atoms with van der Waals surface area (Å²) >= 11 is 0. The number of H-pyrrole nitrogens is 1. The lowest BCUT2D eigenvalue weighted by Gasteiger charge is -2.19. The fourth-order valence-electron chi connectivity index (χ4n) is 4.87. The predicted octanol–water partition coefficient (Wildman–Crippen LogP) is 6.19. The smallest absolute Gasteiger partial charge is 0.223 e. The standard InChI is InChI=1S/C26H28FN3O2/c1-15-4-3-5-18(10-16(15)2)26(31)29-14-25-30-22-9-6-17(11-24(22)32-25)21-13-28-23-12-19(27)7-8-20(21)23/h6-9,11-13,15-16,18,28H,3-5,10,14H2,1-2H3,(H,29,31). The molecule has 3 unspecified atom stereocenters. The van der Waals surface area contributed by atoms with Gasteiger partial charge in [0.15, 0.2) is 5.58 Å². The number of nitrogens with one attached hydrogen (secondary N) is 2. The third kappa shape index (κ3) is 4.01. The molecule has 1 aliphatic carbocycles. The van der Waals surface area contributed by atoms with E-state index in [1.807, 2.05) is 24.4 Å². The molecule has 0 aliphatic heterocycles. The van der Waals surface area contributed by atoms with Gasteiger partial charge in [-0.1, -0.05) is 32.8 Å². The number of hydrogen-bond donors (Lipinski definition) is 2. The summed E-state index contributed by atoms with van der Waals surface area (Å²) in [6.45, 7) is 4.82. The van der Waals surface area contributed by atoms with Gasteiger partial charge in [0.1, 0.15) is 11.3 Å². The van der Waals surface area contributed by atoms with E-state index in [9.17, 15) is 9.18 Å². The van der Waals surface area contributed by atoms with Crippen LogP contribution < -0.4 is 5.32 Å². The minimum atomic E-state index is -0.268. The van der Waals surface area contributed by atoms with Crippen LogP contribution in [0.15, 0.2) is 47.0 Å². The molecule has 0 saturated heterocycles. The average Bonchev–Trinajstić information content (AvgIpc) is 3.34. The first-order valence-corrected chi connectivity index (χ1v) is 11.4. The Bertz CT molecular complexity index is 1270. The normalized spacial score (nSPS) is 21.7. The van der Waals surface area contributed by atoms with E-state index in [1.165, 1.54) is 18.6 Å². The molecule has 5 nitrogen and oxygen atoms in total. The largest absolute Gasteiger partial charge is 0.439 e. The Balaban J connectivity index is 1.31. The molecule has 2 heterocycles. The van der Waals surface area contributed by atoms with Crippen molar-refractivity contribution in [1.82, 2.24) is 15.3 Å². The highest BCUT2D eigenvalue weighted by atomic mass is 19.1. The summed E-state index contributed by atoms with van der Waals surface area (Å²) in [6, 6.07) is 10.6. The number of benzene rings is 2. The third-order valence-electron chi connectivity index (χ3n) is 7.01. The molecule has 0 bridgehead atoms. The third-order valence-corrected chi connectivity index (χ3v) is 7.01. The Morgan fingerprint density at radius 3 is 2.94 bits per heavy atom. The summed E-state index contributed by atoms with van der Waals surface area (Å²) in [6.07, 6.45) is 6.07. The number of amides is 1. The van der Waals surface area contributed by atoms with Crippen LogP contribution in [0.4, 0.5) is 4.39 Å². The maximum Gasteiger partial charge on any atom is 0.223 e. The number of fused-ring (bicyclic) bond motifs is 2. The zero-order chi connectivity index (χ0) is 22.2. The van der Waals surface area contributed by atoms with Crippen molar-refractivity contribution in [2.45, 2.75) is 46.1 Å². The fraction of sp³-hybridized carbons (Fsp3) is 0.385. The monoisotopic (exact) mass is 433 g/mol. The average molecular weight is 434 g/mol. The van der Waals surface area contributed by atoms with Crippen LogP contribution in [-0.4, -0.2) is 15.9 Å². The van der Waals surface area contributed by atoms with Gasteiger partial charge in [-0.05, 0) is 60.6 Å². The van der Waals surface area contributed by atoms with Crippen molar-refractivity contribution in [1.29, 1.82) is 0 Å². The van der Waals surface area contributed by atoms with Crippen LogP contribution in [-0.2, 0) is 11.3 Å². The number of oxazole rings is 1. The van der Waals surface area contributed by atoms with Gasteiger partial charge >= 0.3 is 0 Å². The lowest BCUT2D eigenvalue weighted by atomic mass is 9.88. The number of hydrogen-bond acceptors (Lipinski definition) is 3. The van der Waals surface area contributed by atoms with Crippen LogP contribution in [0.3, 0.4) is 0 Å². The Morgan fingerprint density at radius 2 is 2.06 bits per heavy atom. The van der Waals surface area contributed by atoms with Crippen LogP contribution in [0.1, 0.15) is 45.4 Å². The molecule has 2 N–H and O–H groups in total. The molecule has 6 heteroatoms. The fourth-order valence-corrected chi connectivity index (χ4v) is 4.87. The quantitative estimate of drug-likeness (QED) is 0.377. The molecule has 3 atom stereocenters. The van der Waals surface area contributed by atoms with Crippen molar-refractivity contribution in [3.63, 3.8) is 0 Å². The zero-order valence-corrected chi connectivity index (χ0v) is 18.5. The lowest BCUT2D eigenvalue weighted by Crippen LogP contribution is -2.31. The van der Waals surface area contributed by atoms with Gasteiger partial charge in [-0.3, -0.25) is 4.79 Å². The number of carbonyl (C=O) groups excluding carboxylic acids is 1. The summed E-state index contributed by atoms with van der Waals surface area (Å²) in [5.74, 6) is 1.64. The molecule has 4 aromatic rings. The highest BCUT2D eigenvalue weighted by Gasteiger charge is 2.27. The Kier molecular flexibility index (Phi) is 5.45. The van der Waals surface area contributed by atoms with Gasteiger partial charge in [0.05, 0.1) is 6.54 Å². The summed E-state index contributed by atoms with van der Waals surface area (Å²) in [4.78, 5) is 20.4. The predicted molar refractivity (Wildman–Crippen MR) is 123 cm³/mol. The summed E-state index contributed by atoms with van der Waals surface area (Å²) in [5.41, 5.74) is 4.11. The molecule has 0 radical (unpaired) electrons. The summed E-state index contributed by atoms with van der Waals surface area (Å²) in [7, 11) is 0. The van der Waals surface area contributed by atoms with E-state index in [4.69, 9.17) is 4.42 Å². The van der Waals surface area contributed by atoms with Crippen molar-refractivity contribution < 1.29 is 13.6 Å². The minimum absolute atomic E-state index is 0.0673. The van der Waals surface area contributed by atoms with E-state index in [0.717, 1.165) is 46.8 Å². The minimum Gasteiger partial charge on any atom is -0.439 e. The summed E-state index contributed by atoms with van der Waals surface area (Å²) < 4.78 is 19.4. The van der Waals surface area contributed by atoms with E-state index in [-0.39, 0.29) is 24.2 Å². The van der Waals surface area contributed by atoms with Gasteiger partial charge in [-0.25, -0.2) is 9.37 Å². The number of carbonyl (C=O) groups is 1. The molecule has 1 amide bonds. The lowest BCUT2D eigenvalue weighted by molar-refractivity contribution is -0.125. The van der Waals surface area contributed by atoms with Crippen molar-refractivity contribution in [2.24, 2.45) is 17.8 Å². The molecule has 166 valence electrons. The second kappa shape index (κ2) is 8.41. The highest BCUT2D eigenvalue weighted by Crippen LogP contribution is 2.33.